The van der Waals surface area contributed by atoms with Gasteiger partial charge in [-0.25, -0.2) is 0 Å². The van der Waals surface area contributed by atoms with Crippen LogP contribution >= 0.6 is 11.6 Å². The molecule has 2 aromatic heterocycles. The van der Waals surface area contributed by atoms with Gasteiger partial charge < -0.3 is 9.88 Å². The van der Waals surface area contributed by atoms with Crippen LogP contribution in [0.1, 0.15) is 10.5 Å². The van der Waals surface area contributed by atoms with Crippen molar-refractivity contribution in [3.63, 3.8) is 0 Å². The van der Waals surface area contributed by atoms with Crippen LogP contribution in [0.15, 0.2) is 24.7 Å². The summed E-state index contributed by atoms with van der Waals surface area (Å²) in [5.41, 5.74) is 1.17. The van der Waals surface area contributed by atoms with Crippen LogP contribution in [-0.4, -0.2) is 20.3 Å². The lowest BCUT2D eigenvalue weighted by atomic mass is 10.4. The molecule has 0 unspecified atom stereocenters. The Hall–Kier alpha value is -1.75. The Bertz CT molecular complexity index is 529. The van der Waals surface area contributed by atoms with Crippen molar-refractivity contribution < 1.29 is 4.79 Å². The van der Waals surface area contributed by atoms with Gasteiger partial charge in [-0.1, -0.05) is 11.6 Å². The third-order valence-electron chi connectivity index (χ3n) is 2.17. The highest BCUT2D eigenvalue weighted by atomic mass is 35.5. The van der Waals surface area contributed by atoms with Gasteiger partial charge in [0, 0.05) is 26.5 Å². The lowest BCUT2D eigenvalue weighted by Crippen LogP contribution is -2.14. The fraction of sp³-hybridized carbons (Fsp3) is 0.200. The summed E-state index contributed by atoms with van der Waals surface area (Å²) in [4.78, 5) is 11.8. The fourth-order valence-electron chi connectivity index (χ4n) is 1.43. The van der Waals surface area contributed by atoms with Crippen LogP contribution in [0.2, 0.25) is 5.02 Å². The molecule has 1 N–H and O–H groups in total. The molecule has 0 aliphatic heterocycles. The number of amides is 1. The van der Waals surface area contributed by atoms with Crippen molar-refractivity contribution >= 4 is 23.2 Å². The van der Waals surface area contributed by atoms with Gasteiger partial charge in [0.1, 0.15) is 5.69 Å². The molecular formula is C10H11ClN4O. The summed E-state index contributed by atoms with van der Waals surface area (Å²) < 4.78 is 3.29. The number of hydrogen-bond donors (Lipinski definition) is 1. The van der Waals surface area contributed by atoms with Gasteiger partial charge in [0.2, 0.25) is 0 Å². The smallest absolute Gasteiger partial charge is 0.272 e. The quantitative estimate of drug-likeness (QED) is 0.865. The molecule has 0 saturated carbocycles. The molecule has 0 atom stereocenters. The molecule has 6 heteroatoms. The third kappa shape index (κ3) is 2.09. The summed E-state index contributed by atoms with van der Waals surface area (Å²) in [6, 6.07) is 1.62. The highest BCUT2D eigenvalue weighted by molar-refractivity contribution is 6.31. The van der Waals surface area contributed by atoms with Crippen molar-refractivity contribution in [3.8, 4) is 0 Å². The number of hydrogen-bond acceptors (Lipinski definition) is 2. The monoisotopic (exact) mass is 238 g/mol. The Labute approximate surface area is 97.6 Å². The summed E-state index contributed by atoms with van der Waals surface area (Å²) in [5, 5.41) is 7.23. The van der Waals surface area contributed by atoms with Crippen molar-refractivity contribution in [1.82, 2.24) is 14.3 Å². The van der Waals surface area contributed by atoms with Crippen molar-refractivity contribution in [2.24, 2.45) is 14.1 Å². The first-order valence-corrected chi connectivity index (χ1v) is 5.06. The van der Waals surface area contributed by atoms with Crippen LogP contribution in [0.4, 0.5) is 5.69 Å². The molecule has 1 amide bonds. The van der Waals surface area contributed by atoms with Crippen LogP contribution in [0, 0.1) is 0 Å². The number of halogens is 1. The van der Waals surface area contributed by atoms with E-state index in [1.54, 1.807) is 48.0 Å². The number of nitrogens with one attached hydrogen (secondary N) is 1. The number of carbonyl (C=O) groups is 1. The third-order valence-corrected chi connectivity index (χ3v) is 2.37. The molecule has 2 heterocycles. The lowest BCUT2D eigenvalue weighted by Gasteiger charge is -2.02. The molecule has 0 bridgehead atoms. The normalized spacial score (nSPS) is 10.4. The van der Waals surface area contributed by atoms with E-state index in [1.807, 2.05) is 0 Å². The van der Waals surface area contributed by atoms with Gasteiger partial charge in [0.15, 0.2) is 0 Å². The largest absolute Gasteiger partial charge is 0.345 e. The highest BCUT2D eigenvalue weighted by Crippen LogP contribution is 2.14. The van der Waals surface area contributed by atoms with E-state index in [-0.39, 0.29) is 5.91 Å². The fourth-order valence-corrected chi connectivity index (χ4v) is 1.68. The van der Waals surface area contributed by atoms with Crippen LogP contribution in [-0.2, 0) is 14.1 Å². The Kier molecular flexibility index (Phi) is 2.70. The first-order chi connectivity index (χ1) is 7.56. The Morgan fingerprint density at radius 1 is 1.44 bits per heavy atom. The summed E-state index contributed by atoms with van der Waals surface area (Å²) in [5.74, 6) is -0.206. The molecule has 0 aromatic carbocycles. The maximum atomic E-state index is 11.8. The Morgan fingerprint density at radius 2 is 2.19 bits per heavy atom. The minimum Gasteiger partial charge on any atom is -0.345 e. The van der Waals surface area contributed by atoms with Gasteiger partial charge in [-0.2, -0.15) is 5.10 Å². The molecule has 2 rings (SSSR count). The molecule has 0 aliphatic carbocycles. The average molecular weight is 239 g/mol. The molecule has 2 aromatic rings. The van der Waals surface area contributed by atoms with Gasteiger partial charge in [0.25, 0.3) is 5.91 Å². The zero-order valence-electron chi connectivity index (χ0n) is 8.94. The van der Waals surface area contributed by atoms with Crippen LogP contribution in [0.25, 0.3) is 0 Å². The summed E-state index contributed by atoms with van der Waals surface area (Å²) in [6.07, 6.45) is 4.99. The minimum atomic E-state index is -0.206. The van der Waals surface area contributed by atoms with E-state index >= 15 is 0 Å². The number of anilines is 1. The summed E-state index contributed by atoms with van der Waals surface area (Å²) in [7, 11) is 3.55. The first-order valence-electron chi connectivity index (χ1n) is 4.68. The number of aryl methyl sites for hydroxylation is 2. The molecule has 16 heavy (non-hydrogen) atoms. The standard InChI is InChI=1S/C10H11ClN4O/c1-14-5-7(11)3-9(14)10(16)13-8-4-12-15(2)6-8/h3-6H,1-2H3,(H,13,16). The second-order valence-electron chi connectivity index (χ2n) is 3.51. The van der Waals surface area contributed by atoms with Gasteiger partial charge >= 0.3 is 0 Å². The predicted octanol–water partition coefficient (Wildman–Crippen LogP) is 1.66. The van der Waals surface area contributed by atoms with E-state index in [9.17, 15) is 4.79 Å². The maximum Gasteiger partial charge on any atom is 0.272 e. The van der Waals surface area contributed by atoms with E-state index in [2.05, 4.69) is 10.4 Å². The van der Waals surface area contributed by atoms with Crippen LogP contribution < -0.4 is 5.32 Å². The van der Waals surface area contributed by atoms with Gasteiger partial charge in [-0.3, -0.25) is 9.48 Å². The SMILES string of the molecule is Cn1cc(NC(=O)c2cc(Cl)cn2C)cn1. The molecular weight excluding hydrogens is 228 g/mol. The second-order valence-corrected chi connectivity index (χ2v) is 3.95. The molecule has 0 spiro atoms. The molecule has 0 saturated heterocycles. The number of nitrogens with zero attached hydrogens (tertiary/aromatic N) is 3. The van der Waals surface area contributed by atoms with E-state index in [0.717, 1.165) is 0 Å². The van der Waals surface area contributed by atoms with Crippen LogP contribution in [0.3, 0.4) is 0 Å². The van der Waals surface area contributed by atoms with Gasteiger partial charge in [-0.05, 0) is 6.07 Å². The zero-order valence-corrected chi connectivity index (χ0v) is 9.69. The molecule has 5 nitrogen and oxygen atoms in total. The first kappa shape index (κ1) is 10.8. The number of aromatic nitrogens is 3. The lowest BCUT2D eigenvalue weighted by molar-refractivity contribution is 0.101. The number of rotatable bonds is 2. The van der Waals surface area contributed by atoms with Crippen molar-refractivity contribution in [2.75, 3.05) is 5.32 Å². The van der Waals surface area contributed by atoms with Crippen molar-refractivity contribution in [2.45, 2.75) is 0 Å². The van der Waals surface area contributed by atoms with E-state index in [1.165, 1.54) is 0 Å². The van der Waals surface area contributed by atoms with Gasteiger partial charge in [-0.15, -0.1) is 0 Å². The number of carbonyl (C=O) groups excluding carboxylic acids is 1. The van der Waals surface area contributed by atoms with Gasteiger partial charge in [0.05, 0.1) is 16.9 Å². The topological polar surface area (TPSA) is 51.9 Å². The maximum absolute atomic E-state index is 11.8. The van der Waals surface area contributed by atoms with Crippen molar-refractivity contribution in [3.05, 3.63) is 35.4 Å². The zero-order chi connectivity index (χ0) is 11.7. The van der Waals surface area contributed by atoms with E-state index in [0.29, 0.717) is 16.4 Å². The Balaban J connectivity index is 2.17. The summed E-state index contributed by atoms with van der Waals surface area (Å²) in [6.45, 7) is 0. The average Bonchev–Trinajstić information content (AvgIpc) is 2.73. The highest BCUT2D eigenvalue weighted by Gasteiger charge is 2.11. The Morgan fingerprint density at radius 3 is 2.69 bits per heavy atom. The minimum absolute atomic E-state index is 0.206. The second kappa shape index (κ2) is 4.02. The molecule has 0 fully saturated rings. The molecule has 84 valence electrons. The van der Waals surface area contributed by atoms with Crippen LogP contribution in [0.5, 0.6) is 0 Å². The van der Waals surface area contributed by atoms with E-state index in [4.69, 9.17) is 11.6 Å². The van der Waals surface area contributed by atoms with Crippen molar-refractivity contribution in [1.29, 1.82) is 0 Å². The summed E-state index contributed by atoms with van der Waals surface area (Å²) >= 11 is 5.80. The molecule has 0 radical (unpaired) electrons. The predicted molar refractivity (Wildman–Crippen MR) is 61.6 cm³/mol. The van der Waals surface area contributed by atoms with E-state index < -0.39 is 0 Å². The molecule has 0 aliphatic rings.